The van der Waals surface area contributed by atoms with E-state index in [9.17, 15) is 4.79 Å². The van der Waals surface area contributed by atoms with Gasteiger partial charge in [-0.05, 0) is 37.6 Å². The van der Waals surface area contributed by atoms with Gasteiger partial charge in [0.15, 0.2) is 0 Å². The summed E-state index contributed by atoms with van der Waals surface area (Å²) in [6, 6.07) is 6.29. The molecule has 1 rings (SSSR count). The number of hydrogen-bond donors (Lipinski definition) is 0. The number of ether oxygens (including phenoxy) is 1. The molecule has 0 aliphatic heterocycles. The first-order chi connectivity index (χ1) is 8.56. The molecule has 18 heavy (non-hydrogen) atoms. The first kappa shape index (κ1) is 14.7. The Morgan fingerprint density at radius 2 is 2.11 bits per heavy atom. The van der Waals surface area contributed by atoms with E-state index in [0.29, 0.717) is 6.42 Å². The van der Waals surface area contributed by atoms with E-state index in [1.807, 2.05) is 13.1 Å². The molecule has 3 nitrogen and oxygen atoms in total. The van der Waals surface area contributed by atoms with E-state index in [0.717, 1.165) is 25.3 Å². The molecule has 0 fully saturated rings. The molecule has 0 saturated heterocycles. The number of carbonyl (C=O) groups excluding carboxylic acids is 1. The molecule has 0 unspecified atom stereocenters. The largest absolute Gasteiger partial charge is 0.496 e. The molecule has 0 spiro atoms. The van der Waals surface area contributed by atoms with Gasteiger partial charge in [0.2, 0.25) is 0 Å². The number of nitrogens with zero attached hydrogens (tertiary/aromatic N) is 1. The lowest BCUT2D eigenvalue weighted by Gasteiger charge is -2.17. The number of rotatable bonds is 7. The van der Waals surface area contributed by atoms with Crippen LogP contribution in [0.3, 0.4) is 0 Å². The van der Waals surface area contributed by atoms with Crippen LogP contribution in [0.1, 0.15) is 31.4 Å². The Kier molecular flexibility index (Phi) is 5.86. The van der Waals surface area contributed by atoms with Gasteiger partial charge < -0.3 is 9.64 Å². The molecule has 0 radical (unpaired) electrons. The van der Waals surface area contributed by atoms with Crippen molar-refractivity contribution in [3.05, 3.63) is 29.3 Å². The molecule has 0 saturated carbocycles. The van der Waals surface area contributed by atoms with Crippen molar-refractivity contribution in [2.75, 3.05) is 20.7 Å². The van der Waals surface area contributed by atoms with Crippen molar-refractivity contribution in [3.8, 4) is 5.75 Å². The van der Waals surface area contributed by atoms with Crippen LogP contribution in [-0.2, 0) is 17.8 Å². The summed E-state index contributed by atoms with van der Waals surface area (Å²) in [6.45, 7) is 5.44. The summed E-state index contributed by atoms with van der Waals surface area (Å²) < 4.78 is 5.32. The topological polar surface area (TPSA) is 29.5 Å². The normalized spacial score (nSPS) is 10.7. The Balaban J connectivity index is 2.64. The van der Waals surface area contributed by atoms with Gasteiger partial charge in [-0.25, -0.2) is 0 Å². The molecule has 1 aromatic rings. The number of aryl methyl sites for hydroxylation is 1. The maximum absolute atomic E-state index is 10.9. The van der Waals surface area contributed by atoms with Gasteiger partial charge in [0.1, 0.15) is 11.5 Å². The van der Waals surface area contributed by atoms with E-state index < -0.39 is 0 Å². The number of Topliss-reactive ketones (excluding diaryl/α,β-unsaturated/α-hetero) is 1. The molecule has 0 aliphatic rings. The van der Waals surface area contributed by atoms with Crippen LogP contribution in [0.25, 0.3) is 0 Å². The van der Waals surface area contributed by atoms with Crippen LogP contribution in [0, 0.1) is 0 Å². The first-order valence-electron chi connectivity index (χ1n) is 6.40. The van der Waals surface area contributed by atoms with Gasteiger partial charge in [0.05, 0.1) is 7.11 Å². The summed E-state index contributed by atoms with van der Waals surface area (Å²) in [7, 11) is 3.74. The zero-order valence-electron chi connectivity index (χ0n) is 11.8. The summed E-state index contributed by atoms with van der Waals surface area (Å²) in [5, 5.41) is 0. The van der Waals surface area contributed by atoms with Crippen molar-refractivity contribution in [3.63, 3.8) is 0 Å². The van der Waals surface area contributed by atoms with Gasteiger partial charge >= 0.3 is 0 Å². The molecular weight excluding hydrogens is 226 g/mol. The Hall–Kier alpha value is -1.35. The second-order valence-electron chi connectivity index (χ2n) is 4.69. The van der Waals surface area contributed by atoms with Crippen LogP contribution in [-0.4, -0.2) is 31.4 Å². The molecule has 0 N–H and O–H groups in total. The second-order valence-corrected chi connectivity index (χ2v) is 4.69. The third kappa shape index (κ3) is 4.49. The van der Waals surface area contributed by atoms with Crippen molar-refractivity contribution >= 4 is 5.78 Å². The average molecular weight is 249 g/mol. The molecule has 0 amide bonds. The minimum absolute atomic E-state index is 0.242. The molecule has 100 valence electrons. The minimum atomic E-state index is 0.242. The fraction of sp³-hybridized carbons (Fsp3) is 0.533. The standard InChI is InChI=1S/C15H23NO2/c1-5-14-10-13(6-7-15(14)18-4)11-16(3)9-8-12(2)17/h6-7,10H,5,8-9,11H2,1-4H3. The van der Waals surface area contributed by atoms with E-state index in [1.165, 1.54) is 11.1 Å². The molecule has 0 aliphatic carbocycles. The third-order valence-corrected chi connectivity index (χ3v) is 3.02. The quantitative estimate of drug-likeness (QED) is 0.744. The van der Waals surface area contributed by atoms with Crippen LogP contribution in [0.4, 0.5) is 0 Å². The third-order valence-electron chi connectivity index (χ3n) is 3.02. The Bertz CT molecular complexity index is 401. The Morgan fingerprint density at radius 1 is 1.39 bits per heavy atom. The summed E-state index contributed by atoms with van der Waals surface area (Å²) in [5.74, 6) is 1.19. The van der Waals surface area contributed by atoms with Crippen molar-refractivity contribution in [2.24, 2.45) is 0 Å². The number of benzene rings is 1. The van der Waals surface area contributed by atoms with Crippen molar-refractivity contribution < 1.29 is 9.53 Å². The van der Waals surface area contributed by atoms with Crippen molar-refractivity contribution in [2.45, 2.75) is 33.2 Å². The van der Waals surface area contributed by atoms with E-state index in [2.05, 4.69) is 24.0 Å². The SMILES string of the molecule is CCc1cc(CN(C)CCC(C)=O)ccc1OC. The Labute approximate surface area is 110 Å². The highest BCUT2D eigenvalue weighted by Gasteiger charge is 2.05. The highest BCUT2D eigenvalue weighted by atomic mass is 16.5. The van der Waals surface area contributed by atoms with E-state index >= 15 is 0 Å². The van der Waals surface area contributed by atoms with E-state index in [1.54, 1.807) is 14.0 Å². The van der Waals surface area contributed by atoms with Crippen LogP contribution < -0.4 is 4.74 Å². The number of ketones is 1. The maximum Gasteiger partial charge on any atom is 0.131 e. The number of methoxy groups -OCH3 is 1. The number of carbonyl (C=O) groups is 1. The van der Waals surface area contributed by atoms with Crippen molar-refractivity contribution in [1.29, 1.82) is 0 Å². The highest BCUT2D eigenvalue weighted by molar-refractivity contribution is 5.75. The predicted molar refractivity (Wildman–Crippen MR) is 74.0 cm³/mol. The Morgan fingerprint density at radius 3 is 2.67 bits per heavy atom. The monoisotopic (exact) mass is 249 g/mol. The van der Waals surface area contributed by atoms with Crippen LogP contribution in [0.2, 0.25) is 0 Å². The molecule has 3 heteroatoms. The maximum atomic E-state index is 10.9. The lowest BCUT2D eigenvalue weighted by atomic mass is 10.1. The predicted octanol–water partition coefficient (Wildman–Crippen LogP) is 2.67. The van der Waals surface area contributed by atoms with E-state index in [-0.39, 0.29) is 5.78 Å². The fourth-order valence-corrected chi connectivity index (χ4v) is 1.95. The van der Waals surface area contributed by atoms with Gasteiger partial charge in [-0.3, -0.25) is 4.79 Å². The second kappa shape index (κ2) is 7.17. The van der Waals surface area contributed by atoms with Gasteiger partial charge in [-0.2, -0.15) is 0 Å². The zero-order valence-corrected chi connectivity index (χ0v) is 11.8. The van der Waals surface area contributed by atoms with Crippen LogP contribution in [0.5, 0.6) is 5.75 Å². The van der Waals surface area contributed by atoms with Gasteiger partial charge in [0, 0.05) is 19.5 Å². The molecule has 0 aromatic heterocycles. The van der Waals surface area contributed by atoms with Crippen molar-refractivity contribution in [1.82, 2.24) is 4.90 Å². The summed E-state index contributed by atoms with van der Waals surface area (Å²) >= 11 is 0. The smallest absolute Gasteiger partial charge is 0.131 e. The molecule has 0 atom stereocenters. The zero-order chi connectivity index (χ0) is 13.5. The molecule has 1 aromatic carbocycles. The lowest BCUT2D eigenvalue weighted by molar-refractivity contribution is -0.117. The summed E-state index contributed by atoms with van der Waals surface area (Å²) in [4.78, 5) is 13.1. The van der Waals surface area contributed by atoms with Gasteiger partial charge in [-0.1, -0.05) is 19.1 Å². The summed E-state index contributed by atoms with van der Waals surface area (Å²) in [5.41, 5.74) is 2.49. The fourth-order valence-electron chi connectivity index (χ4n) is 1.95. The van der Waals surface area contributed by atoms with E-state index in [4.69, 9.17) is 4.74 Å². The lowest BCUT2D eigenvalue weighted by Crippen LogP contribution is -2.20. The van der Waals surface area contributed by atoms with Crippen LogP contribution in [0.15, 0.2) is 18.2 Å². The molecular formula is C15H23NO2. The number of hydrogen-bond acceptors (Lipinski definition) is 3. The van der Waals surface area contributed by atoms with Gasteiger partial charge in [-0.15, -0.1) is 0 Å². The molecule has 0 bridgehead atoms. The van der Waals surface area contributed by atoms with Gasteiger partial charge in [0.25, 0.3) is 0 Å². The van der Waals surface area contributed by atoms with Crippen LogP contribution >= 0.6 is 0 Å². The molecule has 0 heterocycles. The first-order valence-corrected chi connectivity index (χ1v) is 6.40. The highest BCUT2D eigenvalue weighted by Crippen LogP contribution is 2.21. The summed E-state index contributed by atoms with van der Waals surface area (Å²) in [6.07, 6.45) is 1.58. The average Bonchev–Trinajstić information content (AvgIpc) is 2.36. The minimum Gasteiger partial charge on any atom is -0.496 e.